The predicted octanol–water partition coefficient (Wildman–Crippen LogP) is 1.18. The molecule has 114 valence electrons. The number of nitrogens with one attached hydrogen (secondary N) is 1. The van der Waals surface area contributed by atoms with E-state index in [1.807, 2.05) is 0 Å². The summed E-state index contributed by atoms with van der Waals surface area (Å²) in [5, 5.41) is 22.0. The molecule has 1 rings (SSSR count). The number of ether oxygens (including phenoxy) is 1. The fourth-order valence-electron chi connectivity index (χ4n) is 1.72. The topological polar surface area (TPSA) is 119 Å². The van der Waals surface area contributed by atoms with E-state index in [0.717, 1.165) is 0 Å². The van der Waals surface area contributed by atoms with Crippen molar-refractivity contribution in [2.45, 2.75) is 26.8 Å². The van der Waals surface area contributed by atoms with Gasteiger partial charge in [-0.15, -0.1) is 0 Å². The van der Waals surface area contributed by atoms with Gasteiger partial charge in [-0.05, 0) is 25.5 Å². The number of nitro benzene ring substituents is 1. The van der Waals surface area contributed by atoms with Gasteiger partial charge in [-0.3, -0.25) is 14.9 Å². The molecule has 2 N–H and O–H groups in total. The molecular weight excluding hydrogens is 280 g/mol. The summed E-state index contributed by atoms with van der Waals surface area (Å²) in [6.45, 7) is 4.12. The smallest absolute Gasteiger partial charge is 0.329 e. The number of carboxylic acids is 1. The first-order valence-corrected chi connectivity index (χ1v) is 6.10. The van der Waals surface area contributed by atoms with Gasteiger partial charge in [0.05, 0.1) is 4.92 Å². The summed E-state index contributed by atoms with van der Waals surface area (Å²) in [7, 11) is 0. The van der Waals surface area contributed by atoms with Gasteiger partial charge in [0, 0.05) is 18.6 Å². The third-order valence-electron chi connectivity index (χ3n) is 2.77. The van der Waals surface area contributed by atoms with Gasteiger partial charge in [-0.2, -0.15) is 0 Å². The van der Waals surface area contributed by atoms with Crippen LogP contribution in [0.2, 0.25) is 0 Å². The Morgan fingerprint density at radius 3 is 2.48 bits per heavy atom. The maximum absolute atomic E-state index is 11.0. The highest BCUT2D eigenvalue weighted by Crippen LogP contribution is 2.27. The Labute approximate surface area is 120 Å². The summed E-state index contributed by atoms with van der Waals surface area (Å²) in [5.74, 6) is -1.36. The summed E-state index contributed by atoms with van der Waals surface area (Å²) in [6, 6.07) is 1.65. The fraction of sp³-hybridized carbons (Fsp3) is 0.385. The van der Waals surface area contributed by atoms with Crippen molar-refractivity contribution in [2.75, 3.05) is 6.61 Å². The molecule has 1 amide bonds. The average molecular weight is 296 g/mol. The summed E-state index contributed by atoms with van der Waals surface area (Å²) >= 11 is 0. The van der Waals surface area contributed by atoms with E-state index in [2.05, 4.69) is 5.32 Å². The second-order valence-electron chi connectivity index (χ2n) is 4.56. The third kappa shape index (κ3) is 4.44. The van der Waals surface area contributed by atoms with Gasteiger partial charge in [-0.1, -0.05) is 0 Å². The van der Waals surface area contributed by atoms with E-state index in [4.69, 9.17) is 9.84 Å². The van der Waals surface area contributed by atoms with E-state index in [9.17, 15) is 19.7 Å². The molecule has 8 heteroatoms. The zero-order valence-corrected chi connectivity index (χ0v) is 11.9. The normalized spacial score (nSPS) is 11.6. The van der Waals surface area contributed by atoms with Crippen LogP contribution >= 0.6 is 0 Å². The Morgan fingerprint density at radius 1 is 1.38 bits per heavy atom. The largest absolute Gasteiger partial charge is 0.491 e. The lowest BCUT2D eigenvalue weighted by Gasteiger charge is -2.16. The number of benzene rings is 1. The van der Waals surface area contributed by atoms with E-state index in [-0.39, 0.29) is 12.3 Å². The van der Waals surface area contributed by atoms with E-state index < -0.39 is 22.8 Å². The maximum Gasteiger partial charge on any atom is 0.329 e. The van der Waals surface area contributed by atoms with Gasteiger partial charge in [0.25, 0.3) is 5.69 Å². The average Bonchev–Trinajstić information content (AvgIpc) is 2.36. The van der Waals surface area contributed by atoms with Gasteiger partial charge in [0.1, 0.15) is 12.4 Å². The molecule has 1 atom stereocenters. The summed E-state index contributed by atoms with van der Waals surface area (Å²) in [5.41, 5.74) is 0.891. The number of nitro groups is 1. The Kier molecular flexibility index (Phi) is 5.23. The molecule has 0 aliphatic carbocycles. The van der Waals surface area contributed by atoms with Crippen LogP contribution in [0.3, 0.4) is 0 Å². The van der Waals surface area contributed by atoms with Crippen LogP contribution in [0.4, 0.5) is 5.69 Å². The van der Waals surface area contributed by atoms with Crippen molar-refractivity contribution >= 4 is 17.6 Å². The van der Waals surface area contributed by atoms with Crippen molar-refractivity contribution in [3.8, 4) is 5.75 Å². The molecule has 21 heavy (non-hydrogen) atoms. The van der Waals surface area contributed by atoms with Crippen LogP contribution in [0, 0.1) is 24.0 Å². The molecule has 0 bridgehead atoms. The summed E-state index contributed by atoms with van der Waals surface area (Å²) in [4.78, 5) is 32.2. The Hall–Kier alpha value is -2.64. The van der Waals surface area contributed by atoms with Gasteiger partial charge in [0.15, 0.2) is 6.04 Å². The Morgan fingerprint density at radius 2 is 2.00 bits per heavy atom. The number of hydrogen-bond acceptors (Lipinski definition) is 5. The lowest BCUT2D eigenvalue weighted by Crippen LogP contribution is -2.43. The molecule has 8 nitrogen and oxygen atoms in total. The molecule has 0 heterocycles. The fourth-order valence-corrected chi connectivity index (χ4v) is 1.72. The van der Waals surface area contributed by atoms with Gasteiger partial charge in [-0.25, -0.2) is 4.79 Å². The number of rotatable bonds is 6. The van der Waals surface area contributed by atoms with E-state index in [0.29, 0.717) is 16.9 Å². The maximum atomic E-state index is 11.0. The number of amides is 1. The highest BCUT2D eigenvalue weighted by atomic mass is 16.6. The van der Waals surface area contributed by atoms with Crippen LogP contribution in [0.25, 0.3) is 0 Å². The van der Waals surface area contributed by atoms with E-state index >= 15 is 0 Å². The molecule has 0 aromatic heterocycles. The van der Waals surface area contributed by atoms with Gasteiger partial charge < -0.3 is 15.2 Å². The SMILES string of the molecule is CC(=O)NC(COc1cc(C)c([N+](=O)[O-])cc1C)C(=O)O. The third-order valence-corrected chi connectivity index (χ3v) is 2.77. The Bertz CT molecular complexity index is 584. The number of hydrogen-bond donors (Lipinski definition) is 2. The number of carbonyl (C=O) groups is 2. The van der Waals surface area contributed by atoms with Crippen molar-refractivity contribution in [2.24, 2.45) is 0 Å². The van der Waals surface area contributed by atoms with Crippen LogP contribution < -0.4 is 10.1 Å². The molecular formula is C13H16N2O6. The first-order valence-electron chi connectivity index (χ1n) is 6.10. The van der Waals surface area contributed by atoms with Crippen LogP contribution in [0.5, 0.6) is 5.75 Å². The monoisotopic (exact) mass is 296 g/mol. The Balaban J connectivity index is 2.88. The number of nitrogens with zero attached hydrogens (tertiary/aromatic N) is 1. The summed E-state index contributed by atoms with van der Waals surface area (Å²) < 4.78 is 5.36. The zero-order valence-electron chi connectivity index (χ0n) is 11.9. The van der Waals surface area contributed by atoms with Gasteiger partial charge >= 0.3 is 5.97 Å². The van der Waals surface area contributed by atoms with Crippen LogP contribution in [-0.2, 0) is 9.59 Å². The van der Waals surface area contributed by atoms with E-state index in [1.165, 1.54) is 19.1 Å². The molecule has 0 radical (unpaired) electrons. The molecule has 0 spiro atoms. The molecule has 0 saturated heterocycles. The highest BCUT2D eigenvalue weighted by molar-refractivity contribution is 5.82. The molecule has 1 aromatic carbocycles. The lowest BCUT2D eigenvalue weighted by molar-refractivity contribution is -0.385. The van der Waals surface area contributed by atoms with E-state index in [1.54, 1.807) is 13.8 Å². The van der Waals surface area contributed by atoms with Crippen molar-refractivity contribution in [1.82, 2.24) is 5.32 Å². The minimum Gasteiger partial charge on any atom is -0.491 e. The molecule has 0 aliphatic rings. The quantitative estimate of drug-likeness (QED) is 0.601. The zero-order chi connectivity index (χ0) is 16.2. The lowest BCUT2D eigenvalue weighted by atomic mass is 10.1. The predicted molar refractivity (Wildman–Crippen MR) is 73.3 cm³/mol. The first-order chi connectivity index (χ1) is 9.72. The second-order valence-corrected chi connectivity index (χ2v) is 4.56. The van der Waals surface area contributed by atoms with Gasteiger partial charge in [0.2, 0.25) is 5.91 Å². The second kappa shape index (κ2) is 6.69. The first kappa shape index (κ1) is 16.4. The standard InChI is InChI=1S/C13H16N2O6/c1-7-5-12(8(2)4-11(7)15(19)20)21-6-10(13(17)18)14-9(3)16/h4-5,10H,6H2,1-3H3,(H,14,16)(H,17,18). The van der Waals surface area contributed by atoms with Crippen LogP contribution in [-0.4, -0.2) is 34.6 Å². The van der Waals surface area contributed by atoms with Crippen molar-refractivity contribution in [3.63, 3.8) is 0 Å². The number of carboxylic acid groups (broad SMARTS) is 1. The van der Waals surface area contributed by atoms with Crippen molar-refractivity contribution in [1.29, 1.82) is 0 Å². The summed E-state index contributed by atoms with van der Waals surface area (Å²) in [6.07, 6.45) is 0. The van der Waals surface area contributed by atoms with Crippen molar-refractivity contribution < 1.29 is 24.4 Å². The number of aliphatic carboxylic acids is 1. The molecule has 0 fully saturated rings. The molecule has 0 aliphatic heterocycles. The molecule has 1 unspecified atom stereocenters. The molecule has 1 aromatic rings. The number of aryl methyl sites for hydroxylation is 2. The highest BCUT2D eigenvalue weighted by Gasteiger charge is 2.20. The molecule has 0 saturated carbocycles. The van der Waals surface area contributed by atoms with Crippen LogP contribution in [0.1, 0.15) is 18.1 Å². The van der Waals surface area contributed by atoms with Crippen molar-refractivity contribution in [3.05, 3.63) is 33.4 Å². The number of carbonyl (C=O) groups excluding carboxylic acids is 1. The minimum atomic E-state index is -1.22. The van der Waals surface area contributed by atoms with Crippen LogP contribution in [0.15, 0.2) is 12.1 Å². The minimum absolute atomic E-state index is 0.0310.